The Kier molecular flexibility index (Phi) is 4.16. The zero-order chi connectivity index (χ0) is 16.4. The van der Waals surface area contributed by atoms with Crippen molar-refractivity contribution in [3.05, 3.63) is 54.0 Å². The molecule has 0 aliphatic carbocycles. The van der Waals surface area contributed by atoms with Crippen molar-refractivity contribution < 1.29 is 23.5 Å². The van der Waals surface area contributed by atoms with Gasteiger partial charge in [-0.15, -0.1) is 11.6 Å². The van der Waals surface area contributed by atoms with E-state index in [9.17, 15) is 9.59 Å². The Morgan fingerprint density at radius 2 is 2.04 bits per heavy atom. The lowest BCUT2D eigenvalue weighted by Gasteiger charge is -2.11. The molecule has 1 aliphatic heterocycles. The molecule has 118 valence electrons. The van der Waals surface area contributed by atoms with Gasteiger partial charge in [0.1, 0.15) is 5.71 Å². The number of carbonyl (C=O) groups is 2. The maximum atomic E-state index is 11.9. The molecule has 0 spiro atoms. The number of alkyl halides is 1. The van der Waals surface area contributed by atoms with E-state index in [2.05, 4.69) is 4.99 Å². The Morgan fingerprint density at radius 1 is 1.26 bits per heavy atom. The van der Waals surface area contributed by atoms with Gasteiger partial charge in [-0.1, -0.05) is 18.2 Å². The van der Waals surface area contributed by atoms with Crippen LogP contribution in [-0.4, -0.2) is 29.3 Å². The van der Waals surface area contributed by atoms with Crippen LogP contribution in [-0.2, 0) is 14.3 Å². The van der Waals surface area contributed by atoms with Gasteiger partial charge in [-0.3, -0.25) is 0 Å². The number of para-hydroxylation sites is 1. The van der Waals surface area contributed by atoms with Crippen LogP contribution in [0.15, 0.2) is 52.1 Å². The summed E-state index contributed by atoms with van der Waals surface area (Å²) in [7, 11) is 0. The van der Waals surface area contributed by atoms with Crippen LogP contribution in [0.25, 0.3) is 0 Å². The van der Waals surface area contributed by atoms with Crippen LogP contribution in [0.5, 0.6) is 0 Å². The summed E-state index contributed by atoms with van der Waals surface area (Å²) in [6.07, 6.45) is 0.0615. The van der Waals surface area contributed by atoms with Crippen LogP contribution in [0.2, 0.25) is 0 Å². The molecule has 2 heterocycles. The van der Waals surface area contributed by atoms with Crippen molar-refractivity contribution in [3.63, 3.8) is 0 Å². The van der Waals surface area contributed by atoms with Crippen molar-refractivity contribution in [3.8, 4) is 0 Å². The molecule has 1 fully saturated rings. The van der Waals surface area contributed by atoms with Gasteiger partial charge in [-0.05, 0) is 30.7 Å². The monoisotopic (exact) mass is 333 g/mol. The second-order valence-corrected chi connectivity index (χ2v) is 5.27. The molecule has 6 nitrogen and oxygen atoms in total. The number of ether oxygens (including phenoxy) is 2. The summed E-state index contributed by atoms with van der Waals surface area (Å²) in [5.74, 6) is -1.48. The number of benzene rings is 1. The SMILES string of the molecule is Cc1ccccc1N=C1C(OC(=O)c2ccco2)OC(=O)C1Cl. The number of aliphatic imine (C=N–C) groups is 1. The molecule has 3 rings (SSSR count). The third kappa shape index (κ3) is 3.12. The van der Waals surface area contributed by atoms with Gasteiger partial charge < -0.3 is 13.9 Å². The van der Waals surface area contributed by atoms with Crippen molar-refractivity contribution in [1.82, 2.24) is 0 Å². The fourth-order valence-electron chi connectivity index (χ4n) is 2.04. The second-order valence-electron chi connectivity index (χ2n) is 4.84. The molecule has 0 saturated carbocycles. The predicted molar refractivity (Wildman–Crippen MR) is 81.9 cm³/mol. The van der Waals surface area contributed by atoms with E-state index in [4.69, 9.17) is 25.5 Å². The molecule has 0 radical (unpaired) electrons. The molecule has 0 amide bonds. The van der Waals surface area contributed by atoms with Gasteiger partial charge in [0, 0.05) is 0 Å². The molecule has 23 heavy (non-hydrogen) atoms. The number of carbonyl (C=O) groups excluding carboxylic acids is 2. The largest absolute Gasteiger partial charge is 0.457 e. The van der Waals surface area contributed by atoms with E-state index in [1.165, 1.54) is 12.3 Å². The Morgan fingerprint density at radius 3 is 2.74 bits per heavy atom. The van der Waals surface area contributed by atoms with Crippen LogP contribution in [0, 0.1) is 6.92 Å². The molecule has 0 bridgehead atoms. The molecule has 1 aliphatic rings. The first-order valence-electron chi connectivity index (χ1n) is 6.79. The van der Waals surface area contributed by atoms with E-state index in [1.807, 2.05) is 19.1 Å². The number of hydrogen-bond donors (Lipinski definition) is 0. The van der Waals surface area contributed by atoms with Gasteiger partial charge in [0.25, 0.3) is 6.29 Å². The van der Waals surface area contributed by atoms with Crippen LogP contribution in [0.3, 0.4) is 0 Å². The van der Waals surface area contributed by atoms with E-state index in [0.29, 0.717) is 5.69 Å². The Labute approximate surface area is 136 Å². The summed E-state index contributed by atoms with van der Waals surface area (Å²) in [4.78, 5) is 28.0. The highest BCUT2D eigenvalue weighted by molar-refractivity contribution is 6.44. The highest BCUT2D eigenvalue weighted by Crippen LogP contribution is 2.25. The summed E-state index contributed by atoms with van der Waals surface area (Å²) < 4.78 is 15.1. The average Bonchev–Trinajstić information content (AvgIpc) is 3.14. The molecule has 2 aromatic rings. The first-order valence-corrected chi connectivity index (χ1v) is 7.23. The second kappa shape index (κ2) is 6.26. The molecular formula is C16H12ClNO5. The van der Waals surface area contributed by atoms with Crippen LogP contribution < -0.4 is 0 Å². The molecule has 7 heteroatoms. The van der Waals surface area contributed by atoms with E-state index in [-0.39, 0.29) is 11.5 Å². The quantitative estimate of drug-likeness (QED) is 0.637. The minimum absolute atomic E-state index is 0.00527. The van der Waals surface area contributed by atoms with Crippen molar-refractivity contribution in [2.45, 2.75) is 18.6 Å². The normalized spacial score (nSPS) is 22.2. The van der Waals surface area contributed by atoms with E-state index in [1.54, 1.807) is 18.2 Å². The summed E-state index contributed by atoms with van der Waals surface area (Å²) in [5.41, 5.74) is 1.63. The summed E-state index contributed by atoms with van der Waals surface area (Å²) in [5, 5.41) is -1.11. The average molecular weight is 334 g/mol. The highest BCUT2D eigenvalue weighted by Gasteiger charge is 2.43. The van der Waals surface area contributed by atoms with Crippen molar-refractivity contribution in [1.29, 1.82) is 0 Å². The number of hydrogen-bond acceptors (Lipinski definition) is 6. The van der Waals surface area contributed by atoms with E-state index >= 15 is 0 Å². The smallest absolute Gasteiger partial charge is 0.377 e. The van der Waals surface area contributed by atoms with E-state index < -0.39 is 23.6 Å². The number of furan rings is 1. The molecular weight excluding hydrogens is 322 g/mol. The first kappa shape index (κ1) is 15.3. The fraction of sp³-hybridized carbons (Fsp3) is 0.188. The first-order chi connectivity index (χ1) is 11.1. The molecule has 2 unspecified atom stereocenters. The van der Waals surface area contributed by atoms with Crippen molar-refractivity contribution in [2.75, 3.05) is 0 Å². The standard InChI is InChI=1S/C16H12ClNO5/c1-9-5-2-3-6-10(9)18-13-12(17)15(20)23-16(13)22-14(19)11-7-4-8-21-11/h2-8,12,16H,1H3. The number of halogens is 1. The van der Waals surface area contributed by atoms with Crippen LogP contribution in [0.1, 0.15) is 16.1 Å². The minimum atomic E-state index is -1.28. The highest BCUT2D eigenvalue weighted by atomic mass is 35.5. The molecule has 0 N–H and O–H groups in total. The van der Waals surface area contributed by atoms with Gasteiger partial charge >= 0.3 is 11.9 Å². The third-order valence-electron chi connectivity index (χ3n) is 3.23. The number of nitrogens with zero attached hydrogens (tertiary/aromatic N) is 1. The summed E-state index contributed by atoms with van der Waals surface area (Å²) in [6, 6.07) is 10.3. The lowest BCUT2D eigenvalue weighted by Crippen LogP contribution is -2.26. The minimum Gasteiger partial charge on any atom is -0.457 e. The zero-order valence-electron chi connectivity index (χ0n) is 12.1. The van der Waals surface area contributed by atoms with Crippen LogP contribution >= 0.6 is 11.6 Å². The van der Waals surface area contributed by atoms with Crippen LogP contribution in [0.4, 0.5) is 5.69 Å². The van der Waals surface area contributed by atoms with Gasteiger partial charge in [0.05, 0.1) is 12.0 Å². The zero-order valence-corrected chi connectivity index (χ0v) is 12.8. The molecule has 2 atom stereocenters. The number of rotatable bonds is 3. The van der Waals surface area contributed by atoms with Gasteiger partial charge in [-0.2, -0.15) is 0 Å². The Hall–Kier alpha value is -2.60. The van der Waals surface area contributed by atoms with E-state index in [0.717, 1.165) is 5.56 Å². The molecule has 1 saturated heterocycles. The lowest BCUT2D eigenvalue weighted by atomic mass is 10.2. The maximum absolute atomic E-state index is 11.9. The third-order valence-corrected chi connectivity index (χ3v) is 3.63. The number of cyclic esters (lactones) is 1. The predicted octanol–water partition coefficient (Wildman–Crippen LogP) is 3.01. The Balaban J connectivity index is 1.88. The number of aryl methyl sites for hydroxylation is 1. The topological polar surface area (TPSA) is 78.1 Å². The summed E-state index contributed by atoms with van der Waals surface area (Å²) in [6.45, 7) is 1.87. The maximum Gasteiger partial charge on any atom is 0.377 e. The molecule has 1 aromatic heterocycles. The van der Waals surface area contributed by atoms with Crippen molar-refractivity contribution in [2.24, 2.45) is 4.99 Å². The number of esters is 2. The Bertz CT molecular complexity index is 769. The van der Waals surface area contributed by atoms with Gasteiger partial charge in [0.15, 0.2) is 5.38 Å². The van der Waals surface area contributed by atoms with Crippen molar-refractivity contribution >= 4 is 34.9 Å². The van der Waals surface area contributed by atoms with Gasteiger partial charge in [-0.25, -0.2) is 14.6 Å². The molecule has 1 aromatic carbocycles. The lowest BCUT2D eigenvalue weighted by molar-refractivity contribution is -0.151. The van der Waals surface area contributed by atoms with Gasteiger partial charge in [0.2, 0.25) is 5.76 Å². The summed E-state index contributed by atoms with van der Waals surface area (Å²) >= 11 is 6.01. The fourth-order valence-corrected chi connectivity index (χ4v) is 2.24.